The van der Waals surface area contributed by atoms with E-state index in [1.54, 1.807) is 0 Å². The molecule has 2 atom stereocenters. The zero-order valence-corrected chi connectivity index (χ0v) is 10.3. The van der Waals surface area contributed by atoms with Gasteiger partial charge in [-0.3, -0.25) is 9.59 Å². The summed E-state index contributed by atoms with van der Waals surface area (Å²) in [6.07, 6.45) is 0.222. The average Bonchev–Trinajstić information content (AvgIpc) is 2.35. The molecule has 0 bridgehead atoms. The number of carbonyl (C=O) groups is 2. The second-order valence-corrected chi connectivity index (χ2v) is 4.60. The van der Waals surface area contributed by atoms with E-state index in [1.807, 2.05) is 0 Å². The highest BCUT2D eigenvalue weighted by Gasteiger charge is 2.40. The zero-order valence-electron chi connectivity index (χ0n) is 10.3. The Hall–Kier alpha value is -1.98. The molecular weight excluding hydrogens is 256 g/mol. The van der Waals surface area contributed by atoms with Gasteiger partial charge in [0.15, 0.2) is 0 Å². The molecule has 1 aliphatic rings. The lowest BCUT2D eigenvalue weighted by Gasteiger charge is -2.37. The number of carbonyl (C=O) groups excluding carboxylic acids is 1. The van der Waals surface area contributed by atoms with E-state index in [9.17, 15) is 23.5 Å². The van der Waals surface area contributed by atoms with Gasteiger partial charge in [0.1, 0.15) is 11.6 Å². The zero-order chi connectivity index (χ0) is 14.2. The minimum absolute atomic E-state index is 0.0945. The predicted molar refractivity (Wildman–Crippen MR) is 62.2 cm³/mol. The monoisotopic (exact) mass is 269 g/mol. The van der Waals surface area contributed by atoms with Crippen molar-refractivity contribution in [3.8, 4) is 0 Å². The number of hydrogen-bond acceptors (Lipinski definition) is 2. The van der Waals surface area contributed by atoms with Crippen molar-refractivity contribution in [3.05, 3.63) is 35.4 Å². The first kappa shape index (κ1) is 13.5. The number of likely N-dealkylation sites (tertiary alicyclic amines) is 1. The first-order valence-corrected chi connectivity index (χ1v) is 5.85. The molecule has 0 spiro atoms. The number of carboxylic acids is 1. The van der Waals surface area contributed by atoms with Gasteiger partial charge in [-0.1, -0.05) is 0 Å². The van der Waals surface area contributed by atoms with Crippen LogP contribution in [0.4, 0.5) is 8.78 Å². The summed E-state index contributed by atoms with van der Waals surface area (Å²) >= 11 is 0. The highest BCUT2D eigenvalue weighted by atomic mass is 19.1. The molecule has 1 N–H and O–H groups in total. The van der Waals surface area contributed by atoms with Crippen molar-refractivity contribution in [2.45, 2.75) is 18.9 Å². The van der Waals surface area contributed by atoms with E-state index in [0.717, 1.165) is 18.2 Å². The fraction of sp³-hybridized carbons (Fsp3) is 0.385. The number of amides is 1. The van der Waals surface area contributed by atoms with Crippen LogP contribution in [0.25, 0.3) is 0 Å². The third kappa shape index (κ3) is 2.43. The molecule has 1 aliphatic heterocycles. The van der Waals surface area contributed by atoms with Crippen LogP contribution in [-0.2, 0) is 9.59 Å². The predicted octanol–water partition coefficient (Wildman–Crippen LogP) is 1.96. The summed E-state index contributed by atoms with van der Waals surface area (Å²) in [6, 6.07) is 1.87. The number of benzene rings is 1. The van der Waals surface area contributed by atoms with Gasteiger partial charge < -0.3 is 10.0 Å². The second kappa shape index (κ2) is 4.95. The normalized spacial score (nSPS) is 23.5. The van der Waals surface area contributed by atoms with Crippen LogP contribution in [0.15, 0.2) is 18.2 Å². The van der Waals surface area contributed by atoms with Gasteiger partial charge in [0.25, 0.3) is 0 Å². The Morgan fingerprint density at radius 1 is 1.42 bits per heavy atom. The van der Waals surface area contributed by atoms with E-state index < -0.39 is 29.6 Å². The SMILES string of the molecule is CN1C(=O)CCC(C(=O)O)C1c1cc(F)ccc1F. The van der Waals surface area contributed by atoms with Crippen LogP contribution in [-0.4, -0.2) is 28.9 Å². The van der Waals surface area contributed by atoms with E-state index in [4.69, 9.17) is 0 Å². The van der Waals surface area contributed by atoms with E-state index in [0.29, 0.717) is 0 Å². The lowest BCUT2D eigenvalue weighted by molar-refractivity contribution is -0.151. The summed E-state index contributed by atoms with van der Waals surface area (Å²) < 4.78 is 27.0. The molecule has 2 unspecified atom stereocenters. The summed E-state index contributed by atoms with van der Waals surface area (Å²) in [5, 5.41) is 9.18. The Morgan fingerprint density at radius 3 is 2.74 bits per heavy atom. The van der Waals surface area contributed by atoms with Gasteiger partial charge in [-0.25, -0.2) is 8.78 Å². The maximum Gasteiger partial charge on any atom is 0.308 e. The molecule has 0 aliphatic carbocycles. The fourth-order valence-corrected chi connectivity index (χ4v) is 2.46. The standard InChI is InChI=1S/C13H13F2NO3/c1-16-11(17)5-3-8(13(18)19)12(16)9-6-7(14)2-4-10(9)15/h2,4,6,8,12H,3,5H2,1H3,(H,18,19). The van der Waals surface area contributed by atoms with Gasteiger partial charge in [-0.15, -0.1) is 0 Å². The largest absolute Gasteiger partial charge is 0.481 e. The van der Waals surface area contributed by atoms with Crippen LogP contribution in [0.3, 0.4) is 0 Å². The minimum Gasteiger partial charge on any atom is -0.481 e. The number of aliphatic carboxylic acids is 1. The van der Waals surface area contributed by atoms with Crippen molar-refractivity contribution in [1.29, 1.82) is 0 Å². The number of halogens is 2. The third-order valence-electron chi connectivity index (χ3n) is 3.45. The molecule has 0 aromatic heterocycles. The fourth-order valence-electron chi connectivity index (χ4n) is 2.46. The van der Waals surface area contributed by atoms with Gasteiger partial charge in [0.05, 0.1) is 12.0 Å². The lowest BCUT2D eigenvalue weighted by atomic mass is 9.84. The van der Waals surface area contributed by atoms with Crippen molar-refractivity contribution in [2.75, 3.05) is 7.05 Å². The van der Waals surface area contributed by atoms with Gasteiger partial charge in [-0.2, -0.15) is 0 Å². The Morgan fingerprint density at radius 2 is 2.11 bits per heavy atom. The van der Waals surface area contributed by atoms with Crippen LogP contribution >= 0.6 is 0 Å². The van der Waals surface area contributed by atoms with Crippen LogP contribution in [0.1, 0.15) is 24.4 Å². The maximum absolute atomic E-state index is 13.8. The van der Waals surface area contributed by atoms with Gasteiger partial charge >= 0.3 is 5.97 Å². The van der Waals surface area contributed by atoms with Crippen molar-refractivity contribution in [1.82, 2.24) is 4.90 Å². The smallest absolute Gasteiger partial charge is 0.308 e. The van der Waals surface area contributed by atoms with E-state index >= 15 is 0 Å². The average molecular weight is 269 g/mol. The minimum atomic E-state index is -1.12. The molecule has 19 heavy (non-hydrogen) atoms. The van der Waals surface area contributed by atoms with Crippen LogP contribution in [0, 0.1) is 17.6 Å². The maximum atomic E-state index is 13.8. The summed E-state index contributed by atoms with van der Waals surface area (Å²) in [7, 11) is 1.41. The van der Waals surface area contributed by atoms with Crippen molar-refractivity contribution >= 4 is 11.9 Å². The van der Waals surface area contributed by atoms with Crippen molar-refractivity contribution < 1.29 is 23.5 Å². The quantitative estimate of drug-likeness (QED) is 0.892. The molecule has 102 valence electrons. The molecule has 1 aromatic rings. The molecule has 0 radical (unpaired) electrons. The number of carboxylic acid groups (broad SMARTS) is 1. The Kier molecular flexibility index (Phi) is 3.50. The number of rotatable bonds is 2. The highest BCUT2D eigenvalue weighted by molar-refractivity contribution is 5.81. The summed E-state index contributed by atoms with van der Waals surface area (Å²) in [5.74, 6) is -3.69. The van der Waals surface area contributed by atoms with E-state index in [-0.39, 0.29) is 24.3 Å². The van der Waals surface area contributed by atoms with Crippen LogP contribution in [0.5, 0.6) is 0 Å². The molecule has 6 heteroatoms. The van der Waals surface area contributed by atoms with Gasteiger partial charge in [-0.05, 0) is 24.6 Å². The molecule has 0 saturated carbocycles. The molecular formula is C13H13F2NO3. The first-order valence-electron chi connectivity index (χ1n) is 5.85. The van der Waals surface area contributed by atoms with Gasteiger partial charge in [0.2, 0.25) is 5.91 Å². The molecule has 2 rings (SSSR count). The third-order valence-corrected chi connectivity index (χ3v) is 3.45. The van der Waals surface area contributed by atoms with Crippen LogP contribution in [0.2, 0.25) is 0 Å². The number of nitrogens with zero attached hydrogens (tertiary/aromatic N) is 1. The number of hydrogen-bond donors (Lipinski definition) is 1. The van der Waals surface area contributed by atoms with Gasteiger partial charge in [0, 0.05) is 19.0 Å². The molecule has 4 nitrogen and oxygen atoms in total. The molecule has 1 amide bonds. The lowest BCUT2D eigenvalue weighted by Crippen LogP contribution is -2.43. The molecule has 1 heterocycles. The van der Waals surface area contributed by atoms with Crippen LogP contribution < -0.4 is 0 Å². The first-order chi connectivity index (χ1) is 8.91. The van der Waals surface area contributed by atoms with Crippen molar-refractivity contribution in [2.24, 2.45) is 5.92 Å². The Balaban J connectivity index is 2.49. The molecule has 1 saturated heterocycles. The number of piperidine rings is 1. The topological polar surface area (TPSA) is 57.6 Å². The molecule has 1 aromatic carbocycles. The summed E-state index contributed by atoms with van der Waals surface area (Å²) in [5.41, 5.74) is -0.0945. The summed E-state index contributed by atoms with van der Waals surface area (Å²) in [4.78, 5) is 24.1. The second-order valence-electron chi connectivity index (χ2n) is 4.60. The molecule has 1 fully saturated rings. The van der Waals surface area contributed by atoms with Crippen molar-refractivity contribution in [3.63, 3.8) is 0 Å². The highest BCUT2D eigenvalue weighted by Crippen LogP contribution is 2.37. The van der Waals surface area contributed by atoms with E-state index in [2.05, 4.69) is 0 Å². The van der Waals surface area contributed by atoms with E-state index in [1.165, 1.54) is 11.9 Å². The Labute approximate surface area is 108 Å². The summed E-state index contributed by atoms with van der Waals surface area (Å²) in [6.45, 7) is 0. The Bertz CT molecular complexity index is 533.